The van der Waals surface area contributed by atoms with Gasteiger partial charge in [-0.3, -0.25) is 4.79 Å². The molecule has 1 aromatic rings. The Hall–Kier alpha value is -0.800. The number of amides is 1. The van der Waals surface area contributed by atoms with Gasteiger partial charge in [0.25, 0.3) is 5.91 Å². The molecule has 1 aromatic carbocycles. The van der Waals surface area contributed by atoms with Gasteiger partial charge in [0.05, 0.1) is 5.56 Å². The van der Waals surface area contributed by atoms with Crippen LogP contribution in [0.25, 0.3) is 0 Å². The van der Waals surface area contributed by atoms with E-state index in [0.29, 0.717) is 23.2 Å². The zero-order chi connectivity index (χ0) is 12.4. The smallest absolute Gasteiger partial charge is 0.255 e. The van der Waals surface area contributed by atoms with Crippen LogP contribution in [0.1, 0.15) is 23.2 Å². The van der Waals surface area contributed by atoms with E-state index < -0.39 is 0 Å². The number of carbonyl (C=O) groups excluding carboxylic acids is 1. The Morgan fingerprint density at radius 3 is 2.88 bits per heavy atom. The van der Waals surface area contributed by atoms with Crippen LogP contribution in [0, 0.1) is 0 Å². The van der Waals surface area contributed by atoms with Gasteiger partial charge in [0, 0.05) is 22.1 Å². The Balaban J connectivity index is 2.27. The molecule has 0 spiro atoms. The van der Waals surface area contributed by atoms with E-state index >= 15 is 0 Å². The molecule has 1 amide bonds. The average molecular weight is 315 g/mol. The summed E-state index contributed by atoms with van der Waals surface area (Å²) in [6, 6.07) is 5.63. The van der Waals surface area contributed by atoms with Gasteiger partial charge in [-0.25, -0.2) is 0 Å². The van der Waals surface area contributed by atoms with Crippen molar-refractivity contribution < 1.29 is 4.79 Å². The van der Waals surface area contributed by atoms with Gasteiger partial charge in [-0.2, -0.15) is 0 Å². The van der Waals surface area contributed by atoms with Gasteiger partial charge in [0.1, 0.15) is 0 Å². The van der Waals surface area contributed by atoms with Gasteiger partial charge in [-0.15, -0.1) is 6.58 Å². The molecule has 0 N–H and O–H groups in total. The van der Waals surface area contributed by atoms with Crippen LogP contribution >= 0.6 is 27.5 Å². The molecular formula is C13H13BrClNO. The van der Waals surface area contributed by atoms with Gasteiger partial charge >= 0.3 is 0 Å². The van der Waals surface area contributed by atoms with Crippen LogP contribution in [-0.2, 0) is 0 Å². The zero-order valence-electron chi connectivity index (χ0n) is 9.33. The maximum atomic E-state index is 12.4. The van der Waals surface area contributed by atoms with E-state index in [1.165, 1.54) is 0 Å². The lowest BCUT2D eigenvalue weighted by Crippen LogP contribution is -2.33. The Kier molecular flexibility index (Phi) is 3.89. The molecule has 1 aliphatic carbocycles. The van der Waals surface area contributed by atoms with E-state index in [1.54, 1.807) is 24.3 Å². The predicted molar refractivity (Wildman–Crippen MR) is 73.4 cm³/mol. The van der Waals surface area contributed by atoms with Crippen LogP contribution in [0.2, 0.25) is 5.02 Å². The normalized spacial score (nSPS) is 14.5. The highest BCUT2D eigenvalue weighted by Gasteiger charge is 2.32. The maximum absolute atomic E-state index is 12.4. The third-order valence-electron chi connectivity index (χ3n) is 2.73. The monoisotopic (exact) mass is 313 g/mol. The summed E-state index contributed by atoms with van der Waals surface area (Å²) in [4.78, 5) is 14.2. The number of carbonyl (C=O) groups is 1. The second kappa shape index (κ2) is 5.23. The SMILES string of the molecule is C=CCN(C(=O)c1cc(Cl)ccc1Br)C1CC1. The molecule has 4 heteroatoms. The van der Waals surface area contributed by atoms with E-state index in [-0.39, 0.29) is 5.91 Å². The van der Waals surface area contributed by atoms with Crippen molar-refractivity contribution in [2.75, 3.05) is 6.54 Å². The van der Waals surface area contributed by atoms with Crippen LogP contribution in [0.4, 0.5) is 0 Å². The van der Waals surface area contributed by atoms with E-state index in [4.69, 9.17) is 11.6 Å². The van der Waals surface area contributed by atoms with Gasteiger partial charge in [-0.05, 0) is 47.0 Å². The Labute approximate surface area is 114 Å². The maximum Gasteiger partial charge on any atom is 0.255 e. The number of halogens is 2. The largest absolute Gasteiger partial charge is 0.332 e. The molecule has 2 nitrogen and oxygen atoms in total. The minimum atomic E-state index is 0.0155. The third kappa shape index (κ3) is 2.90. The highest BCUT2D eigenvalue weighted by Crippen LogP contribution is 2.30. The molecule has 0 unspecified atom stereocenters. The van der Waals surface area contributed by atoms with Crippen molar-refractivity contribution in [1.29, 1.82) is 0 Å². The Morgan fingerprint density at radius 1 is 1.59 bits per heavy atom. The van der Waals surface area contributed by atoms with Crippen LogP contribution < -0.4 is 0 Å². The molecule has 0 saturated heterocycles. The standard InChI is InChI=1S/C13H13BrClNO/c1-2-7-16(10-4-5-10)13(17)11-8-9(15)3-6-12(11)14/h2-3,6,8,10H,1,4-5,7H2. The number of nitrogens with zero attached hydrogens (tertiary/aromatic N) is 1. The molecule has 0 aliphatic heterocycles. The molecular weight excluding hydrogens is 302 g/mol. The van der Waals surface area contributed by atoms with Gasteiger partial charge in [0.2, 0.25) is 0 Å². The van der Waals surface area contributed by atoms with Crippen molar-refractivity contribution in [3.8, 4) is 0 Å². The lowest BCUT2D eigenvalue weighted by Gasteiger charge is -2.21. The van der Waals surface area contributed by atoms with Crippen LogP contribution in [-0.4, -0.2) is 23.4 Å². The molecule has 1 aliphatic rings. The fourth-order valence-corrected chi connectivity index (χ4v) is 2.33. The molecule has 17 heavy (non-hydrogen) atoms. The van der Waals surface area contributed by atoms with Crippen molar-refractivity contribution >= 4 is 33.4 Å². The van der Waals surface area contributed by atoms with Gasteiger partial charge < -0.3 is 4.90 Å². The first-order valence-corrected chi connectivity index (χ1v) is 6.67. The lowest BCUT2D eigenvalue weighted by molar-refractivity contribution is 0.0762. The summed E-state index contributed by atoms with van der Waals surface area (Å²) >= 11 is 9.31. The first kappa shape index (κ1) is 12.7. The summed E-state index contributed by atoms with van der Waals surface area (Å²) in [5.74, 6) is 0.0155. The number of hydrogen-bond acceptors (Lipinski definition) is 1. The minimum absolute atomic E-state index is 0.0155. The quantitative estimate of drug-likeness (QED) is 0.772. The van der Waals surface area contributed by atoms with Crippen LogP contribution in [0.5, 0.6) is 0 Å². The highest BCUT2D eigenvalue weighted by molar-refractivity contribution is 9.10. The summed E-state index contributed by atoms with van der Waals surface area (Å²) in [5.41, 5.74) is 0.617. The first-order chi connectivity index (χ1) is 8.13. The average Bonchev–Trinajstić information content (AvgIpc) is 3.12. The van der Waals surface area contributed by atoms with E-state index in [9.17, 15) is 4.79 Å². The molecule has 90 valence electrons. The summed E-state index contributed by atoms with van der Waals surface area (Å²) in [6.07, 6.45) is 3.92. The summed E-state index contributed by atoms with van der Waals surface area (Å²) in [7, 11) is 0. The second-order valence-electron chi connectivity index (χ2n) is 4.10. The van der Waals surface area contributed by atoms with E-state index in [2.05, 4.69) is 22.5 Å². The second-order valence-corrected chi connectivity index (χ2v) is 5.39. The van der Waals surface area contributed by atoms with E-state index in [1.807, 2.05) is 4.90 Å². The van der Waals surface area contributed by atoms with Crippen molar-refractivity contribution in [2.24, 2.45) is 0 Å². The molecule has 1 saturated carbocycles. The first-order valence-electron chi connectivity index (χ1n) is 5.50. The third-order valence-corrected chi connectivity index (χ3v) is 3.66. The molecule has 0 aromatic heterocycles. The van der Waals surface area contributed by atoms with Gasteiger partial charge in [0.15, 0.2) is 0 Å². The fraction of sp³-hybridized carbons (Fsp3) is 0.308. The zero-order valence-corrected chi connectivity index (χ0v) is 11.7. The Morgan fingerprint density at radius 2 is 2.29 bits per heavy atom. The summed E-state index contributed by atoms with van der Waals surface area (Å²) in [5, 5.41) is 0.575. The molecule has 1 fully saturated rings. The van der Waals surface area contributed by atoms with Crippen molar-refractivity contribution in [3.63, 3.8) is 0 Å². The summed E-state index contributed by atoms with van der Waals surface area (Å²) < 4.78 is 0.779. The number of rotatable bonds is 4. The Bertz CT molecular complexity index is 457. The molecule has 2 rings (SSSR count). The van der Waals surface area contributed by atoms with Crippen molar-refractivity contribution in [3.05, 3.63) is 45.9 Å². The topological polar surface area (TPSA) is 20.3 Å². The highest BCUT2D eigenvalue weighted by atomic mass is 79.9. The summed E-state index contributed by atoms with van der Waals surface area (Å²) in [6.45, 7) is 4.28. The van der Waals surface area contributed by atoms with Crippen molar-refractivity contribution in [1.82, 2.24) is 4.90 Å². The predicted octanol–water partition coefficient (Wildman–Crippen LogP) is 3.89. The minimum Gasteiger partial charge on any atom is -0.332 e. The van der Waals surface area contributed by atoms with Crippen molar-refractivity contribution in [2.45, 2.75) is 18.9 Å². The lowest BCUT2D eigenvalue weighted by atomic mass is 10.2. The number of benzene rings is 1. The molecule has 0 bridgehead atoms. The van der Waals surface area contributed by atoms with Crippen LogP contribution in [0.15, 0.2) is 35.3 Å². The fourth-order valence-electron chi connectivity index (χ4n) is 1.74. The molecule has 0 atom stereocenters. The molecule has 0 heterocycles. The van der Waals surface area contributed by atoms with Crippen LogP contribution in [0.3, 0.4) is 0 Å². The molecule has 0 radical (unpaired) electrons. The number of hydrogen-bond donors (Lipinski definition) is 0. The van der Waals surface area contributed by atoms with Gasteiger partial charge in [-0.1, -0.05) is 17.7 Å². The van der Waals surface area contributed by atoms with E-state index in [0.717, 1.165) is 17.3 Å².